The van der Waals surface area contributed by atoms with E-state index in [-0.39, 0.29) is 5.82 Å². The molecule has 3 aliphatic rings. The largest absolute Gasteiger partial charge is 0.377 e. The molecule has 2 aromatic rings. The van der Waals surface area contributed by atoms with Crippen LogP contribution in [0.1, 0.15) is 41.3 Å². The Morgan fingerprint density at radius 2 is 2.18 bits per heavy atom. The molecule has 3 heterocycles. The maximum Gasteiger partial charge on any atom is 0.176 e. The molecule has 0 atom stereocenters. The number of hydrogen-bond acceptors (Lipinski definition) is 5. The highest BCUT2D eigenvalue weighted by Crippen LogP contribution is 2.46. The molecule has 1 aromatic carbocycles. The summed E-state index contributed by atoms with van der Waals surface area (Å²) in [4.78, 5) is 11.1. The number of halogens is 1. The number of aromatic nitrogens is 3. The fourth-order valence-electron chi connectivity index (χ4n) is 4.10. The van der Waals surface area contributed by atoms with E-state index in [4.69, 9.17) is 4.74 Å². The van der Waals surface area contributed by atoms with Crippen molar-refractivity contribution in [2.24, 2.45) is 4.99 Å². The molecule has 1 fully saturated rings. The Bertz CT molecular complexity index is 1020. The standard InChI is InChI=1S/C21H22FN5O/c1-13-10-23-20(27-12-24-19(25-27)11-28-2)9-18-15-5-6-17(22)21(14-3-4-14)16(15)7-8-26(13)18/h5-6,9,12,14H,1,3-4,7-8,10-11H2,2H3. The molecule has 144 valence electrons. The van der Waals surface area contributed by atoms with Crippen LogP contribution in [0.5, 0.6) is 0 Å². The van der Waals surface area contributed by atoms with Gasteiger partial charge in [-0.15, -0.1) is 5.10 Å². The Balaban J connectivity index is 1.61. The summed E-state index contributed by atoms with van der Waals surface area (Å²) in [7, 11) is 1.61. The minimum absolute atomic E-state index is 0.0721. The van der Waals surface area contributed by atoms with Crippen LogP contribution in [0.15, 0.2) is 41.8 Å². The number of methoxy groups -OCH3 is 1. The van der Waals surface area contributed by atoms with Crippen LogP contribution in [0, 0.1) is 5.82 Å². The molecule has 0 radical (unpaired) electrons. The molecule has 0 saturated heterocycles. The molecular formula is C21H22FN5O. The Morgan fingerprint density at radius 3 is 2.96 bits per heavy atom. The SMILES string of the molecule is C=C1CN=C(n2cnc(COC)n2)C=C2c3ccc(F)c(C4CC4)c3CCN12. The van der Waals surface area contributed by atoms with Crippen LogP contribution in [0.2, 0.25) is 0 Å². The zero-order valence-corrected chi connectivity index (χ0v) is 15.9. The minimum atomic E-state index is -0.0721. The van der Waals surface area contributed by atoms with Crippen LogP contribution in [-0.4, -0.2) is 45.7 Å². The second-order valence-electron chi connectivity index (χ2n) is 7.47. The van der Waals surface area contributed by atoms with Gasteiger partial charge in [-0.25, -0.2) is 14.1 Å². The van der Waals surface area contributed by atoms with Crippen LogP contribution in [0.4, 0.5) is 4.39 Å². The van der Waals surface area contributed by atoms with Crippen molar-refractivity contribution >= 4 is 11.5 Å². The summed E-state index contributed by atoms with van der Waals surface area (Å²) in [6, 6.07) is 3.50. The molecule has 6 nitrogen and oxygen atoms in total. The van der Waals surface area contributed by atoms with E-state index in [1.807, 2.05) is 12.1 Å². The van der Waals surface area contributed by atoms with Crippen LogP contribution < -0.4 is 0 Å². The van der Waals surface area contributed by atoms with Gasteiger partial charge in [0.15, 0.2) is 11.7 Å². The number of benzene rings is 1. The molecule has 7 heteroatoms. The summed E-state index contributed by atoms with van der Waals surface area (Å²) in [6.07, 6.45) is 6.64. The molecule has 0 unspecified atom stereocenters. The maximum atomic E-state index is 14.6. The van der Waals surface area contributed by atoms with Crippen molar-refractivity contribution in [1.29, 1.82) is 0 Å². The highest BCUT2D eigenvalue weighted by Gasteiger charge is 2.34. The van der Waals surface area contributed by atoms with Crippen molar-refractivity contribution < 1.29 is 9.13 Å². The molecule has 1 saturated carbocycles. The van der Waals surface area contributed by atoms with E-state index in [9.17, 15) is 4.39 Å². The molecule has 5 rings (SSSR count). The molecule has 1 aliphatic carbocycles. The molecule has 2 aliphatic heterocycles. The summed E-state index contributed by atoms with van der Waals surface area (Å²) in [5, 5.41) is 4.45. The fraction of sp³-hybridized carbons (Fsp3) is 0.381. The van der Waals surface area contributed by atoms with Crippen molar-refractivity contribution in [3.8, 4) is 0 Å². The van der Waals surface area contributed by atoms with Gasteiger partial charge < -0.3 is 9.64 Å². The quantitative estimate of drug-likeness (QED) is 0.822. The van der Waals surface area contributed by atoms with Crippen molar-refractivity contribution in [3.05, 3.63) is 65.1 Å². The smallest absolute Gasteiger partial charge is 0.176 e. The van der Waals surface area contributed by atoms with E-state index in [1.54, 1.807) is 24.2 Å². The molecule has 1 aromatic heterocycles. The molecule has 28 heavy (non-hydrogen) atoms. The van der Waals surface area contributed by atoms with E-state index < -0.39 is 0 Å². The predicted molar refractivity (Wildman–Crippen MR) is 104 cm³/mol. The number of fused-ring (bicyclic) bond motifs is 3. The normalized spacial score (nSPS) is 18.9. The number of hydrogen-bond donors (Lipinski definition) is 0. The van der Waals surface area contributed by atoms with E-state index in [2.05, 4.69) is 26.6 Å². The van der Waals surface area contributed by atoms with Gasteiger partial charge in [0.05, 0.1) is 12.2 Å². The Labute approximate surface area is 163 Å². The van der Waals surface area contributed by atoms with Crippen LogP contribution in [0.25, 0.3) is 5.70 Å². The fourth-order valence-corrected chi connectivity index (χ4v) is 4.10. The highest BCUT2D eigenvalue weighted by molar-refractivity contribution is 6.01. The summed E-state index contributed by atoms with van der Waals surface area (Å²) < 4.78 is 21.3. The van der Waals surface area contributed by atoms with Gasteiger partial charge in [-0.2, -0.15) is 0 Å². The van der Waals surface area contributed by atoms with Crippen molar-refractivity contribution in [1.82, 2.24) is 19.7 Å². The third-order valence-electron chi connectivity index (χ3n) is 5.56. The van der Waals surface area contributed by atoms with Crippen molar-refractivity contribution in [2.75, 3.05) is 20.2 Å². The topological polar surface area (TPSA) is 55.5 Å². The van der Waals surface area contributed by atoms with Crippen LogP contribution in [-0.2, 0) is 17.8 Å². The van der Waals surface area contributed by atoms with Gasteiger partial charge in [-0.1, -0.05) is 6.58 Å². The van der Waals surface area contributed by atoms with Crippen LogP contribution >= 0.6 is 0 Å². The van der Waals surface area contributed by atoms with Gasteiger partial charge in [0.2, 0.25) is 0 Å². The first-order valence-electron chi connectivity index (χ1n) is 9.58. The van der Waals surface area contributed by atoms with Crippen molar-refractivity contribution in [3.63, 3.8) is 0 Å². The number of rotatable bonds is 3. The lowest BCUT2D eigenvalue weighted by Gasteiger charge is -2.34. The van der Waals surface area contributed by atoms with Crippen molar-refractivity contribution in [2.45, 2.75) is 31.8 Å². The first-order valence-corrected chi connectivity index (χ1v) is 9.58. The van der Waals surface area contributed by atoms with Gasteiger partial charge in [0, 0.05) is 31.0 Å². The number of aliphatic imine (C=N–C) groups is 1. The van der Waals surface area contributed by atoms with Gasteiger partial charge in [-0.3, -0.25) is 4.99 Å². The number of nitrogens with zero attached hydrogens (tertiary/aromatic N) is 5. The Morgan fingerprint density at radius 1 is 1.32 bits per heavy atom. The molecular weight excluding hydrogens is 357 g/mol. The van der Waals surface area contributed by atoms with Crippen LogP contribution in [0.3, 0.4) is 0 Å². The average molecular weight is 379 g/mol. The zero-order valence-electron chi connectivity index (χ0n) is 15.9. The lowest BCUT2D eigenvalue weighted by atomic mass is 9.89. The van der Waals surface area contributed by atoms with Gasteiger partial charge in [0.1, 0.15) is 18.8 Å². The average Bonchev–Trinajstić information content (AvgIpc) is 3.45. The first-order chi connectivity index (χ1) is 13.7. The van der Waals surface area contributed by atoms with Gasteiger partial charge in [0.25, 0.3) is 0 Å². The second-order valence-corrected chi connectivity index (χ2v) is 7.47. The summed E-state index contributed by atoms with van der Waals surface area (Å²) in [6.45, 7) is 5.84. The third kappa shape index (κ3) is 2.86. The summed E-state index contributed by atoms with van der Waals surface area (Å²) in [5.41, 5.74) is 5.06. The van der Waals surface area contributed by atoms with E-state index >= 15 is 0 Å². The van der Waals surface area contributed by atoms with E-state index in [1.165, 1.54) is 0 Å². The van der Waals surface area contributed by atoms with E-state index in [0.717, 1.165) is 53.9 Å². The lowest BCUT2D eigenvalue weighted by Crippen LogP contribution is -2.30. The second kappa shape index (κ2) is 6.67. The van der Waals surface area contributed by atoms with Gasteiger partial charge in [-0.05, 0) is 48.4 Å². The summed E-state index contributed by atoms with van der Waals surface area (Å²) in [5.74, 6) is 1.59. The number of allylic oxidation sites excluding steroid dienone is 1. The Hall–Kier alpha value is -2.80. The molecule has 0 N–H and O–H groups in total. The lowest BCUT2D eigenvalue weighted by molar-refractivity contribution is 0.178. The van der Waals surface area contributed by atoms with Gasteiger partial charge >= 0.3 is 0 Å². The summed E-state index contributed by atoms with van der Waals surface area (Å²) >= 11 is 0. The first kappa shape index (κ1) is 17.3. The third-order valence-corrected chi connectivity index (χ3v) is 5.56. The predicted octanol–water partition coefficient (Wildman–Crippen LogP) is 3.11. The monoisotopic (exact) mass is 379 g/mol. The minimum Gasteiger partial charge on any atom is -0.377 e. The zero-order chi connectivity index (χ0) is 19.3. The highest BCUT2D eigenvalue weighted by atomic mass is 19.1. The van der Waals surface area contributed by atoms with E-state index in [0.29, 0.717) is 30.7 Å². The Kier molecular flexibility index (Phi) is 4.12. The molecule has 0 spiro atoms. The molecule has 0 bridgehead atoms. The number of ether oxygens (including phenoxy) is 1. The maximum absolute atomic E-state index is 14.6. The molecule has 0 amide bonds.